The Hall–Kier alpha value is -0.726. The molecule has 5 aliphatic carbocycles. The van der Waals surface area contributed by atoms with Gasteiger partial charge in [-0.3, -0.25) is 0 Å². The van der Waals surface area contributed by atoms with E-state index in [1.54, 1.807) is 0 Å². The monoisotopic (exact) mass is 624 g/mol. The van der Waals surface area contributed by atoms with E-state index in [1.807, 2.05) is 0 Å². The van der Waals surface area contributed by atoms with Gasteiger partial charge in [0, 0.05) is 5.92 Å². The predicted octanol–water partition coefficient (Wildman–Crippen LogP) is 10.4. The van der Waals surface area contributed by atoms with Crippen molar-refractivity contribution in [3.05, 3.63) is 47.5 Å². The Morgan fingerprint density at radius 1 is 0.953 bits per heavy atom. The topological polar surface area (TPSA) is 38.7 Å². The number of aliphatic hydroxyl groups excluding tert-OH is 1. The van der Waals surface area contributed by atoms with Crippen molar-refractivity contribution in [2.75, 3.05) is 0 Å². The maximum atomic E-state index is 11.6. The summed E-state index contributed by atoms with van der Waals surface area (Å²) < 4.78 is 14.5. The molecule has 1 N–H and O–H groups in total. The summed E-state index contributed by atoms with van der Waals surface area (Å²) in [6, 6.07) is 9.16. The SMILES string of the molecule is CC(C)(C)[Si](C)(C)OC(CC=C[C@@H]1[C@@H](CC2Cc3ccc2cc3)[C@@H](O)C[C@H]1O[Si](C)(C)C(C)(C)C)C1(CC2CC2)CCC1. The van der Waals surface area contributed by atoms with Gasteiger partial charge in [0.1, 0.15) is 0 Å². The minimum Gasteiger partial charge on any atom is -0.413 e. The maximum absolute atomic E-state index is 11.6. The smallest absolute Gasteiger partial charge is 0.192 e. The van der Waals surface area contributed by atoms with Crippen molar-refractivity contribution in [2.24, 2.45) is 23.2 Å². The fourth-order valence-electron chi connectivity index (χ4n) is 7.74. The van der Waals surface area contributed by atoms with Crippen LogP contribution in [0.4, 0.5) is 0 Å². The van der Waals surface area contributed by atoms with Crippen LogP contribution in [-0.4, -0.2) is 40.1 Å². The van der Waals surface area contributed by atoms with Crippen LogP contribution >= 0.6 is 0 Å². The molecule has 0 spiro atoms. The first-order valence-electron chi connectivity index (χ1n) is 17.7. The highest BCUT2D eigenvalue weighted by atomic mass is 28.4. The first-order valence-corrected chi connectivity index (χ1v) is 23.5. The molecule has 242 valence electrons. The van der Waals surface area contributed by atoms with Crippen molar-refractivity contribution in [1.82, 2.24) is 0 Å². The summed E-state index contributed by atoms with van der Waals surface area (Å²) in [4.78, 5) is 0. The van der Waals surface area contributed by atoms with Crippen LogP contribution < -0.4 is 0 Å². The lowest BCUT2D eigenvalue weighted by Gasteiger charge is -2.52. The molecular weight excluding hydrogens is 561 g/mol. The highest BCUT2D eigenvalue weighted by Crippen LogP contribution is 2.56. The van der Waals surface area contributed by atoms with E-state index >= 15 is 0 Å². The molecule has 0 saturated heterocycles. The van der Waals surface area contributed by atoms with E-state index in [-0.39, 0.29) is 34.1 Å². The molecule has 6 atom stereocenters. The second kappa shape index (κ2) is 12.1. The van der Waals surface area contributed by atoms with Crippen molar-refractivity contribution >= 4 is 16.6 Å². The van der Waals surface area contributed by atoms with Gasteiger partial charge in [-0.05, 0) is 116 Å². The van der Waals surface area contributed by atoms with Crippen LogP contribution in [0.25, 0.3) is 0 Å². The van der Waals surface area contributed by atoms with Crippen molar-refractivity contribution in [3.63, 3.8) is 0 Å². The molecule has 2 bridgehead atoms. The number of fused-ring (bicyclic) bond motifs is 3. The molecule has 0 aromatic heterocycles. The van der Waals surface area contributed by atoms with Gasteiger partial charge in [-0.25, -0.2) is 0 Å². The molecule has 1 aromatic carbocycles. The third-order valence-corrected chi connectivity index (χ3v) is 22.0. The molecule has 0 amide bonds. The Morgan fingerprint density at radius 2 is 1.58 bits per heavy atom. The molecule has 3 saturated carbocycles. The van der Waals surface area contributed by atoms with Crippen LogP contribution in [0.3, 0.4) is 0 Å². The van der Waals surface area contributed by atoms with E-state index in [4.69, 9.17) is 8.85 Å². The predicted molar refractivity (Wildman–Crippen MR) is 187 cm³/mol. The first kappa shape index (κ1) is 33.6. The molecule has 2 unspecified atom stereocenters. The van der Waals surface area contributed by atoms with E-state index in [1.165, 1.54) is 49.7 Å². The molecule has 0 aliphatic heterocycles. The zero-order valence-electron chi connectivity index (χ0n) is 29.3. The Kier molecular flexibility index (Phi) is 9.49. The van der Waals surface area contributed by atoms with Crippen LogP contribution in [0.15, 0.2) is 36.4 Å². The fourth-order valence-corrected chi connectivity index (χ4v) is 10.5. The van der Waals surface area contributed by atoms with Crippen molar-refractivity contribution in [3.8, 4) is 0 Å². The molecule has 0 radical (unpaired) electrons. The van der Waals surface area contributed by atoms with Gasteiger partial charge in [-0.15, -0.1) is 0 Å². The molecule has 43 heavy (non-hydrogen) atoms. The molecule has 3 nitrogen and oxygen atoms in total. The van der Waals surface area contributed by atoms with Crippen molar-refractivity contribution in [2.45, 2.75) is 166 Å². The van der Waals surface area contributed by atoms with Crippen LogP contribution in [0.5, 0.6) is 0 Å². The summed E-state index contributed by atoms with van der Waals surface area (Å²) in [5.41, 5.74) is 3.23. The zero-order valence-corrected chi connectivity index (χ0v) is 31.3. The van der Waals surface area contributed by atoms with Gasteiger partial charge < -0.3 is 14.0 Å². The largest absolute Gasteiger partial charge is 0.413 e. The van der Waals surface area contributed by atoms with Gasteiger partial charge in [0.25, 0.3) is 0 Å². The van der Waals surface area contributed by atoms with E-state index in [9.17, 15) is 5.11 Å². The molecule has 3 fully saturated rings. The molecular formula is C38H64O3Si2. The third-order valence-electron chi connectivity index (χ3n) is 13.0. The first-order chi connectivity index (χ1) is 19.9. The van der Waals surface area contributed by atoms with Crippen LogP contribution in [0.1, 0.15) is 116 Å². The minimum atomic E-state index is -1.98. The molecule has 5 heteroatoms. The highest BCUT2D eigenvalue weighted by molar-refractivity contribution is 6.74. The average molecular weight is 625 g/mol. The number of hydrogen-bond donors (Lipinski definition) is 1. The Labute approximate surface area is 266 Å². The van der Waals surface area contributed by atoms with E-state index in [0.29, 0.717) is 17.4 Å². The lowest BCUT2D eigenvalue weighted by molar-refractivity contribution is -0.0350. The van der Waals surface area contributed by atoms with Gasteiger partial charge in [-0.2, -0.15) is 0 Å². The van der Waals surface area contributed by atoms with Gasteiger partial charge in [0.2, 0.25) is 0 Å². The third kappa shape index (κ3) is 7.32. The van der Waals surface area contributed by atoms with Gasteiger partial charge in [0.05, 0.1) is 18.3 Å². The summed E-state index contributed by atoms with van der Waals surface area (Å²) >= 11 is 0. The summed E-state index contributed by atoms with van der Waals surface area (Å²) in [7, 11) is -3.90. The van der Waals surface area contributed by atoms with Gasteiger partial charge >= 0.3 is 0 Å². The second-order valence-electron chi connectivity index (χ2n) is 18.2. The lowest BCUT2D eigenvalue weighted by atomic mass is 9.61. The van der Waals surface area contributed by atoms with Crippen molar-refractivity contribution < 1.29 is 14.0 Å². The summed E-state index contributed by atoms with van der Waals surface area (Å²) in [5.74, 6) is 1.92. The molecule has 5 aliphatic rings. The minimum absolute atomic E-state index is 0.0885. The molecule has 0 heterocycles. The number of aliphatic hydroxyl groups is 1. The molecule has 6 rings (SSSR count). The van der Waals surface area contributed by atoms with Gasteiger partial charge in [0.15, 0.2) is 16.6 Å². The zero-order chi connectivity index (χ0) is 31.4. The van der Waals surface area contributed by atoms with E-state index in [2.05, 4.69) is 104 Å². The average Bonchev–Trinajstić information content (AvgIpc) is 3.65. The van der Waals surface area contributed by atoms with Crippen LogP contribution in [0, 0.1) is 23.2 Å². The quantitative estimate of drug-likeness (QED) is 0.186. The summed E-state index contributed by atoms with van der Waals surface area (Å²) in [6.07, 6.45) is 17.2. The van der Waals surface area contributed by atoms with Crippen molar-refractivity contribution in [1.29, 1.82) is 0 Å². The number of benzene rings is 1. The van der Waals surface area contributed by atoms with Crippen LogP contribution in [-0.2, 0) is 15.3 Å². The van der Waals surface area contributed by atoms with Crippen LogP contribution in [0.2, 0.25) is 36.3 Å². The number of rotatable bonds is 12. The summed E-state index contributed by atoms with van der Waals surface area (Å²) in [6.45, 7) is 23.8. The summed E-state index contributed by atoms with van der Waals surface area (Å²) in [5, 5.41) is 12.0. The van der Waals surface area contributed by atoms with Gasteiger partial charge in [-0.1, -0.05) is 97.2 Å². The fraction of sp³-hybridized carbons (Fsp3) is 0.789. The lowest BCUT2D eigenvalue weighted by Crippen LogP contribution is -2.51. The maximum Gasteiger partial charge on any atom is 0.192 e. The number of hydrogen-bond acceptors (Lipinski definition) is 3. The van der Waals surface area contributed by atoms with E-state index in [0.717, 1.165) is 31.6 Å². The Bertz CT molecular complexity index is 1120. The normalized spacial score (nSPS) is 30.2. The highest BCUT2D eigenvalue weighted by Gasteiger charge is 2.51. The standard InChI is InChI=1S/C38H64O3Si2/c1-36(2,3)42(7,8)40-34-25-33(39)32(24-30-23-27-17-19-29(30)20-18-27)31(34)13-11-14-35(41-43(9,10)37(4,5)6)38(21-12-22-38)26-28-15-16-28/h11,13,17-20,28,30-35,39H,12,14-16,21-26H2,1-10H3/t30?,31-,32-,33+,34-,35?/m1/s1. The molecule has 1 aromatic rings. The Balaban J connectivity index is 1.39. The van der Waals surface area contributed by atoms with E-state index < -0.39 is 16.6 Å². The second-order valence-corrected chi connectivity index (χ2v) is 27.7. The Morgan fingerprint density at radius 3 is 2.07 bits per heavy atom.